The second-order valence-corrected chi connectivity index (χ2v) is 5.59. The standard InChI is InChI=1S/C17H15ClFN3O/c1-11-21-16(22-23-11)10-20-17(12-4-2-6-14(18)8-12)13-5-3-7-15(19)9-13/h2-9,17,20H,10H2,1H3. The molecule has 1 unspecified atom stereocenters. The van der Waals surface area contributed by atoms with E-state index >= 15 is 0 Å². The molecule has 0 spiro atoms. The third-order valence-electron chi connectivity index (χ3n) is 3.40. The van der Waals surface area contributed by atoms with E-state index in [2.05, 4.69) is 15.5 Å². The number of hydrogen-bond acceptors (Lipinski definition) is 4. The van der Waals surface area contributed by atoms with Crippen molar-refractivity contribution in [1.82, 2.24) is 15.5 Å². The highest BCUT2D eigenvalue weighted by molar-refractivity contribution is 6.30. The maximum atomic E-state index is 13.6. The van der Waals surface area contributed by atoms with Crippen LogP contribution in [0.3, 0.4) is 0 Å². The third-order valence-corrected chi connectivity index (χ3v) is 3.63. The second kappa shape index (κ2) is 6.89. The molecule has 3 aromatic rings. The molecular weight excluding hydrogens is 317 g/mol. The van der Waals surface area contributed by atoms with Crippen LogP contribution in [-0.4, -0.2) is 10.1 Å². The van der Waals surface area contributed by atoms with Gasteiger partial charge in [0.1, 0.15) is 5.82 Å². The lowest BCUT2D eigenvalue weighted by atomic mass is 9.98. The summed E-state index contributed by atoms with van der Waals surface area (Å²) in [6, 6.07) is 13.7. The number of aromatic nitrogens is 2. The molecule has 0 aliphatic rings. The SMILES string of the molecule is Cc1nc(CNC(c2cccc(F)c2)c2cccc(Cl)c2)no1. The Hall–Kier alpha value is -2.24. The maximum absolute atomic E-state index is 13.6. The molecule has 23 heavy (non-hydrogen) atoms. The predicted octanol–water partition coefficient (Wildman–Crippen LogP) is 4.05. The normalized spacial score (nSPS) is 12.3. The zero-order valence-corrected chi connectivity index (χ0v) is 13.2. The van der Waals surface area contributed by atoms with Crippen LogP contribution >= 0.6 is 11.6 Å². The lowest BCUT2D eigenvalue weighted by Crippen LogP contribution is -2.22. The molecule has 0 fully saturated rings. The zero-order chi connectivity index (χ0) is 16.2. The first-order chi connectivity index (χ1) is 11.1. The number of rotatable bonds is 5. The molecule has 0 radical (unpaired) electrons. The number of benzene rings is 2. The highest BCUT2D eigenvalue weighted by atomic mass is 35.5. The van der Waals surface area contributed by atoms with Crippen LogP contribution in [0.4, 0.5) is 4.39 Å². The van der Waals surface area contributed by atoms with Crippen LogP contribution in [0.2, 0.25) is 5.02 Å². The van der Waals surface area contributed by atoms with Crippen LogP contribution in [0.5, 0.6) is 0 Å². The summed E-state index contributed by atoms with van der Waals surface area (Å²) in [5, 5.41) is 7.81. The molecule has 0 saturated carbocycles. The number of nitrogens with one attached hydrogen (secondary N) is 1. The van der Waals surface area contributed by atoms with Crippen LogP contribution in [0.25, 0.3) is 0 Å². The fraction of sp³-hybridized carbons (Fsp3) is 0.176. The Kier molecular flexibility index (Phi) is 4.69. The fourth-order valence-electron chi connectivity index (χ4n) is 2.41. The van der Waals surface area contributed by atoms with E-state index < -0.39 is 0 Å². The molecule has 0 aliphatic heterocycles. The minimum absolute atomic E-state index is 0.233. The van der Waals surface area contributed by atoms with E-state index in [-0.39, 0.29) is 11.9 Å². The van der Waals surface area contributed by atoms with Crippen molar-refractivity contribution in [3.8, 4) is 0 Å². The van der Waals surface area contributed by atoms with Gasteiger partial charge in [0.05, 0.1) is 12.6 Å². The van der Waals surface area contributed by atoms with E-state index in [1.54, 1.807) is 19.1 Å². The first-order valence-electron chi connectivity index (χ1n) is 7.15. The maximum Gasteiger partial charge on any atom is 0.223 e. The molecule has 118 valence electrons. The molecule has 4 nitrogen and oxygen atoms in total. The van der Waals surface area contributed by atoms with E-state index in [4.69, 9.17) is 16.1 Å². The van der Waals surface area contributed by atoms with Crippen molar-refractivity contribution in [2.75, 3.05) is 0 Å². The Morgan fingerprint density at radius 2 is 1.91 bits per heavy atom. The van der Waals surface area contributed by atoms with Gasteiger partial charge in [-0.2, -0.15) is 4.98 Å². The molecule has 1 heterocycles. The molecule has 1 atom stereocenters. The predicted molar refractivity (Wildman–Crippen MR) is 85.6 cm³/mol. The van der Waals surface area contributed by atoms with Crippen LogP contribution in [0, 0.1) is 12.7 Å². The Labute approximate surface area is 138 Å². The third kappa shape index (κ3) is 3.94. The average molecular weight is 332 g/mol. The molecule has 0 aliphatic carbocycles. The first kappa shape index (κ1) is 15.6. The summed E-state index contributed by atoms with van der Waals surface area (Å²) in [7, 11) is 0. The summed E-state index contributed by atoms with van der Waals surface area (Å²) in [6.07, 6.45) is 0. The van der Waals surface area contributed by atoms with Crippen LogP contribution in [0.1, 0.15) is 28.9 Å². The second-order valence-electron chi connectivity index (χ2n) is 5.15. The molecule has 0 saturated heterocycles. The smallest absolute Gasteiger partial charge is 0.223 e. The fourth-order valence-corrected chi connectivity index (χ4v) is 2.61. The minimum atomic E-state index is -0.285. The number of aryl methyl sites for hydroxylation is 1. The van der Waals surface area contributed by atoms with Gasteiger partial charge in [-0.05, 0) is 35.4 Å². The van der Waals surface area contributed by atoms with Crippen molar-refractivity contribution in [1.29, 1.82) is 0 Å². The monoisotopic (exact) mass is 331 g/mol. The quantitative estimate of drug-likeness (QED) is 0.766. The molecular formula is C17H15ClFN3O. The highest BCUT2D eigenvalue weighted by Gasteiger charge is 2.16. The average Bonchev–Trinajstić information content (AvgIpc) is 2.93. The lowest BCUT2D eigenvalue weighted by Gasteiger charge is -2.19. The molecule has 3 rings (SSSR count). The Bertz CT molecular complexity index is 760. The van der Waals surface area contributed by atoms with Crippen molar-refractivity contribution in [3.05, 3.63) is 82.2 Å². The zero-order valence-electron chi connectivity index (χ0n) is 12.5. The van der Waals surface area contributed by atoms with Crippen LogP contribution in [-0.2, 0) is 6.54 Å². The van der Waals surface area contributed by atoms with Crippen molar-refractivity contribution in [3.63, 3.8) is 0 Å². The Morgan fingerprint density at radius 3 is 2.57 bits per heavy atom. The van der Waals surface area contributed by atoms with Gasteiger partial charge < -0.3 is 4.52 Å². The largest absolute Gasteiger partial charge is 0.340 e. The van der Waals surface area contributed by atoms with Crippen LogP contribution < -0.4 is 5.32 Å². The molecule has 1 N–H and O–H groups in total. The Balaban J connectivity index is 1.89. The molecule has 0 amide bonds. The van der Waals surface area contributed by atoms with Gasteiger partial charge in [-0.1, -0.05) is 41.0 Å². The lowest BCUT2D eigenvalue weighted by molar-refractivity contribution is 0.384. The highest BCUT2D eigenvalue weighted by Crippen LogP contribution is 2.25. The molecule has 1 aromatic heterocycles. The summed E-state index contributed by atoms with van der Waals surface area (Å²) >= 11 is 6.09. The van der Waals surface area contributed by atoms with Crippen molar-refractivity contribution >= 4 is 11.6 Å². The van der Waals surface area contributed by atoms with E-state index in [9.17, 15) is 4.39 Å². The van der Waals surface area contributed by atoms with Gasteiger partial charge >= 0.3 is 0 Å². The van der Waals surface area contributed by atoms with E-state index in [0.29, 0.717) is 23.3 Å². The first-order valence-corrected chi connectivity index (χ1v) is 7.53. The van der Waals surface area contributed by atoms with Crippen molar-refractivity contribution < 1.29 is 8.91 Å². The Morgan fingerprint density at radius 1 is 1.17 bits per heavy atom. The van der Waals surface area contributed by atoms with Gasteiger partial charge in [0.2, 0.25) is 5.89 Å². The number of halogens is 2. The van der Waals surface area contributed by atoms with Gasteiger partial charge in [0.15, 0.2) is 5.82 Å². The minimum Gasteiger partial charge on any atom is -0.340 e. The van der Waals surface area contributed by atoms with Crippen molar-refractivity contribution in [2.24, 2.45) is 0 Å². The molecule has 0 bridgehead atoms. The number of hydrogen-bond donors (Lipinski definition) is 1. The summed E-state index contributed by atoms with van der Waals surface area (Å²) in [6.45, 7) is 2.13. The van der Waals surface area contributed by atoms with Gasteiger partial charge in [-0.25, -0.2) is 4.39 Å². The summed E-state index contributed by atoms with van der Waals surface area (Å²) in [5.41, 5.74) is 1.73. The van der Waals surface area contributed by atoms with Gasteiger partial charge in [0.25, 0.3) is 0 Å². The van der Waals surface area contributed by atoms with E-state index in [0.717, 1.165) is 11.1 Å². The van der Waals surface area contributed by atoms with E-state index in [1.807, 2.05) is 24.3 Å². The summed E-state index contributed by atoms with van der Waals surface area (Å²) in [4.78, 5) is 4.16. The van der Waals surface area contributed by atoms with E-state index in [1.165, 1.54) is 12.1 Å². The van der Waals surface area contributed by atoms with Gasteiger partial charge in [-0.15, -0.1) is 0 Å². The number of nitrogens with zero attached hydrogens (tertiary/aromatic N) is 2. The summed E-state index contributed by atoms with van der Waals surface area (Å²) < 4.78 is 18.6. The summed E-state index contributed by atoms with van der Waals surface area (Å²) in [5.74, 6) is 0.768. The van der Waals surface area contributed by atoms with Crippen molar-refractivity contribution in [2.45, 2.75) is 19.5 Å². The topological polar surface area (TPSA) is 51.0 Å². The van der Waals surface area contributed by atoms with Gasteiger partial charge in [-0.3, -0.25) is 5.32 Å². The van der Waals surface area contributed by atoms with Gasteiger partial charge in [0, 0.05) is 11.9 Å². The molecule has 2 aromatic carbocycles. The van der Waals surface area contributed by atoms with Crippen LogP contribution in [0.15, 0.2) is 53.1 Å². The molecule has 6 heteroatoms.